The van der Waals surface area contributed by atoms with Gasteiger partial charge in [0, 0.05) is 17.6 Å². The van der Waals surface area contributed by atoms with Crippen LogP contribution in [0, 0.1) is 5.92 Å². The van der Waals surface area contributed by atoms with Gasteiger partial charge in [-0.25, -0.2) is 0 Å². The van der Waals surface area contributed by atoms with Gasteiger partial charge in [0.15, 0.2) is 23.4 Å². The Labute approximate surface area is 136 Å². The van der Waals surface area contributed by atoms with Gasteiger partial charge in [0.25, 0.3) is 0 Å². The van der Waals surface area contributed by atoms with Crippen molar-refractivity contribution in [3.63, 3.8) is 0 Å². The smallest absolute Gasteiger partial charge is 0.196 e. The van der Waals surface area contributed by atoms with Gasteiger partial charge in [-0.3, -0.25) is 4.79 Å². The summed E-state index contributed by atoms with van der Waals surface area (Å²) in [5, 5.41) is 9.64. The Morgan fingerprint density at radius 3 is 3.09 bits per heavy atom. The van der Waals surface area contributed by atoms with Crippen LogP contribution in [0.1, 0.15) is 36.8 Å². The zero-order valence-corrected chi connectivity index (χ0v) is 13.4. The van der Waals surface area contributed by atoms with Crippen molar-refractivity contribution < 1.29 is 19.4 Å². The number of hydrogen-bond donors (Lipinski definition) is 1. The molecule has 0 radical (unpaired) electrons. The Hall–Kier alpha value is -1.81. The number of rotatable bonds is 2. The van der Waals surface area contributed by atoms with Gasteiger partial charge in [0.05, 0.1) is 7.11 Å². The maximum Gasteiger partial charge on any atom is 0.196 e. The van der Waals surface area contributed by atoms with Crippen LogP contribution in [0.2, 0.25) is 0 Å². The average molecular weight is 314 g/mol. The van der Waals surface area contributed by atoms with Crippen molar-refractivity contribution in [3.05, 3.63) is 35.4 Å². The maximum absolute atomic E-state index is 12.5. The Balaban J connectivity index is 1.92. The van der Waals surface area contributed by atoms with E-state index in [2.05, 4.69) is 6.07 Å². The molecule has 2 unspecified atom stereocenters. The summed E-state index contributed by atoms with van der Waals surface area (Å²) in [6.45, 7) is 0.205. The van der Waals surface area contributed by atoms with Crippen LogP contribution in [0.5, 0.6) is 11.5 Å². The first-order chi connectivity index (χ1) is 11.2. The van der Waals surface area contributed by atoms with Gasteiger partial charge < -0.3 is 14.6 Å². The molecule has 1 heterocycles. The average Bonchev–Trinajstić information content (AvgIpc) is 2.89. The van der Waals surface area contributed by atoms with Crippen LogP contribution >= 0.6 is 0 Å². The highest BCUT2D eigenvalue weighted by Crippen LogP contribution is 2.56. The van der Waals surface area contributed by atoms with Crippen molar-refractivity contribution in [2.45, 2.75) is 43.6 Å². The molecule has 3 aliphatic rings. The molecule has 1 aromatic rings. The van der Waals surface area contributed by atoms with Crippen molar-refractivity contribution in [1.29, 1.82) is 0 Å². The van der Waals surface area contributed by atoms with Crippen LogP contribution in [0.4, 0.5) is 0 Å². The Kier molecular flexibility index (Phi) is 3.45. The molecule has 1 spiro atoms. The lowest BCUT2D eigenvalue weighted by atomic mass is 9.64. The largest absolute Gasteiger partial charge is 0.493 e. The molecule has 0 fully saturated rings. The topological polar surface area (TPSA) is 55.8 Å². The van der Waals surface area contributed by atoms with Gasteiger partial charge in [-0.2, -0.15) is 0 Å². The minimum absolute atomic E-state index is 0.0553. The molecule has 1 aromatic carbocycles. The number of methoxy groups -OCH3 is 1. The van der Waals surface area contributed by atoms with Crippen LogP contribution in [-0.4, -0.2) is 30.7 Å². The lowest BCUT2D eigenvalue weighted by molar-refractivity contribution is -0.123. The van der Waals surface area contributed by atoms with Crippen molar-refractivity contribution in [2.24, 2.45) is 5.92 Å². The fourth-order valence-electron chi connectivity index (χ4n) is 4.61. The quantitative estimate of drug-likeness (QED) is 0.911. The summed E-state index contributed by atoms with van der Waals surface area (Å²) < 4.78 is 11.6. The third-order valence-corrected chi connectivity index (χ3v) is 5.69. The molecule has 1 aliphatic heterocycles. The van der Waals surface area contributed by atoms with Crippen molar-refractivity contribution in [1.82, 2.24) is 0 Å². The van der Waals surface area contributed by atoms with Gasteiger partial charge in [-0.15, -0.1) is 0 Å². The number of allylic oxidation sites excluding steroid dienone is 1. The predicted molar refractivity (Wildman–Crippen MR) is 86.0 cm³/mol. The van der Waals surface area contributed by atoms with E-state index in [-0.39, 0.29) is 23.7 Å². The summed E-state index contributed by atoms with van der Waals surface area (Å²) in [4.78, 5) is 12.5. The molecule has 4 heteroatoms. The van der Waals surface area contributed by atoms with E-state index in [4.69, 9.17) is 9.47 Å². The van der Waals surface area contributed by atoms with Crippen molar-refractivity contribution in [2.75, 3.05) is 13.7 Å². The third-order valence-electron chi connectivity index (χ3n) is 5.69. The van der Waals surface area contributed by atoms with E-state index < -0.39 is 6.10 Å². The fourth-order valence-corrected chi connectivity index (χ4v) is 4.61. The number of ether oxygens (including phenoxy) is 2. The highest BCUT2D eigenvalue weighted by atomic mass is 16.5. The van der Waals surface area contributed by atoms with E-state index in [1.807, 2.05) is 12.1 Å². The molecule has 1 N–H and O–H groups in total. The number of carbonyl (C=O) groups excluding carboxylic acids is 1. The van der Waals surface area contributed by atoms with Crippen molar-refractivity contribution >= 4 is 5.78 Å². The third kappa shape index (κ3) is 2.04. The monoisotopic (exact) mass is 314 g/mol. The predicted octanol–water partition coefficient (Wildman–Crippen LogP) is 2.56. The highest BCUT2D eigenvalue weighted by molar-refractivity contribution is 5.97. The molecule has 0 amide bonds. The molecule has 0 saturated carbocycles. The first-order valence-electron chi connectivity index (χ1n) is 8.38. The second-order valence-electron chi connectivity index (χ2n) is 6.94. The minimum Gasteiger partial charge on any atom is -0.493 e. The molecule has 0 aromatic heterocycles. The van der Waals surface area contributed by atoms with Gasteiger partial charge >= 0.3 is 0 Å². The van der Waals surface area contributed by atoms with Gasteiger partial charge in [0.2, 0.25) is 0 Å². The standard InChI is InChI=1S/C19H22O4/c1-22-15-7-6-13-10-12(11-20)4-2-8-19-9-3-5-14(21)18(19)23-17(15)16(13)19/h3,5-7,12,18,20H,2,4,8-11H2,1H3/t12-,18?,19?/m1/s1. The van der Waals surface area contributed by atoms with Gasteiger partial charge in [0.1, 0.15) is 0 Å². The Morgan fingerprint density at radius 2 is 2.30 bits per heavy atom. The lowest BCUT2D eigenvalue weighted by Crippen LogP contribution is -2.46. The van der Waals surface area contributed by atoms with Crippen molar-refractivity contribution in [3.8, 4) is 11.5 Å². The number of aliphatic hydroxyl groups excluding tert-OH is 1. The summed E-state index contributed by atoms with van der Waals surface area (Å²) in [6, 6.07) is 4.01. The number of hydrogen-bond acceptors (Lipinski definition) is 4. The van der Waals surface area contributed by atoms with Crippen LogP contribution < -0.4 is 9.47 Å². The summed E-state index contributed by atoms with van der Waals surface area (Å²) >= 11 is 0. The summed E-state index contributed by atoms with van der Waals surface area (Å²) in [7, 11) is 1.63. The molecule has 2 aliphatic carbocycles. The number of carbonyl (C=O) groups is 1. The second-order valence-corrected chi connectivity index (χ2v) is 6.94. The molecular weight excluding hydrogens is 292 g/mol. The molecule has 0 saturated heterocycles. The fraction of sp³-hybridized carbons (Fsp3) is 0.526. The first kappa shape index (κ1) is 14.8. The molecule has 4 nitrogen and oxygen atoms in total. The summed E-state index contributed by atoms with van der Waals surface area (Å²) in [5.74, 6) is 1.77. The molecule has 3 atom stereocenters. The van der Waals surface area contributed by atoms with Crippen LogP contribution in [0.25, 0.3) is 0 Å². The summed E-state index contributed by atoms with van der Waals surface area (Å²) in [6.07, 6.45) is 7.79. The van der Waals surface area contributed by atoms with E-state index >= 15 is 0 Å². The normalized spacial score (nSPS) is 31.7. The molecule has 23 heavy (non-hydrogen) atoms. The van der Waals surface area contributed by atoms with E-state index in [0.717, 1.165) is 43.4 Å². The van der Waals surface area contributed by atoms with Crippen LogP contribution in [0.15, 0.2) is 24.3 Å². The Morgan fingerprint density at radius 1 is 1.43 bits per heavy atom. The highest BCUT2D eigenvalue weighted by Gasteiger charge is 2.54. The van der Waals surface area contributed by atoms with Gasteiger partial charge in [-0.1, -0.05) is 18.6 Å². The second kappa shape index (κ2) is 5.38. The van der Waals surface area contributed by atoms with E-state index in [0.29, 0.717) is 5.75 Å². The number of ketones is 1. The van der Waals surface area contributed by atoms with E-state index in [1.54, 1.807) is 13.2 Å². The zero-order valence-electron chi connectivity index (χ0n) is 13.4. The number of benzene rings is 1. The maximum atomic E-state index is 12.5. The number of aliphatic hydroxyl groups is 1. The molecular formula is C19H22O4. The van der Waals surface area contributed by atoms with Crippen LogP contribution in [0.3, 0.4) is 0 Å². The summed E-state index contributed by atoms with van der Waals surface area (Å²) in [5.41, 5.74) is 2.09. The van der Waals surface area contributed by atoms with Crippen LogP contribution in [-0.2, 0) is 16.6 Å². The molecule has 0 bridgehead atoms. The first-order valence-corrected chi connectivity index (χ1v) is 8.38. The minimum atomic E-state index is -0.428. The molecule has 122 valence electrons. The SMILES string of the molecule is COc1ccc2c3c1OC1C(=O)C=CCC31CCC[C@@H](CO)C2. The lowest BCUT2D eigenvalue weighted by Gasteiger charge is -2.37. The van der Waals surface area contributed by atoms with Gasteiger partial charge in [-0.05, 0) is 49.3 Å². The van der Waals surface area contributed by atoms with E-state index in [9.17, 15) is 9.90 Å². The molecule has 4 rings (SSSR count). The Bertz CT molecular complexity index is 678. The van der Waals surface area contributed by atoms with E-state index in [1.165, 1.54) is 5.56 Å². The zero-order chi connectivity index (χ0) is 16.0.